The minimum Gasteiger partial charge on any atom is -0.365 e. The zero-order valence-corrected chi connectivity index (χ0v) is 15.2. The Morgan fingerprint density at radius 1 is 1.26 bits per heavy atom. The topological polar surface area (TPSA) is 98.1 Å². The molecule has 0 spiro atoms. The highest BCUT2D eigenvalue weighted by molar-refractivity contribution is 6.30. The molecule has 138 valence electrons. The van der Waals surface area contributed by atoms with Gasteiger partial charge in [0.15, 0.2) is 0 Å². The number of hydrogen-bond acceptors (Lipinski definition) is 5. The van der Waals surface area contributed by atoms with Gasteiger partial charge in [0.25, 0.3) is 5.91 Å². The summed E-state index contributed by atoms with van der Waals surface area (Å²) in [6.45, 7) is 1.24. The van der Waals surface area contributed by atoms with Crippen LogP contribution in [0.1, 0.15) is 23.2 Å². The number of likely N-dealkylation sites (tertiary alicyclic amines) is 1. The molecule has 1 saturated heterocycles. The molecule has 7 nitrogen and oxygen atoms in total. The fraction of sp³-hybridized carbons (Fsp3) is 0.263. The van der Waals surface area contributed by atoms with Crippen molar-refractivity contribution in [3.05, 3.63) is 53.2 Å². The maximum Gasteiger partial charge on any atom is 0.253 e. The first-order valence-corrected chi connectivity index (χ1v) is 8.87. The zero-order valence-electron chi connectivity index (χ0n) is 14.5. The van der Waals surface area contributed by atoms with Crippen molar-refractivity contribution >= 4 is 34.9 Å². The average Bonchev–Trinajstić information content (AvgIpc) is 3.12. The molecule has 27 heavy (non-hydrogen) atoms. The Kier molecular flexibility index (Phi) is 5.89. The van der Waals surface area contributed by atoms with E-state index in [0.29, 0.717) is 29.4 Å². The molecule has 0 radical (unpaired) electrons. The SMILES string of the molecule is N#CCC(=O)Nc1ccc(C(=O)N2CC[C@@H](Nc3ccc(Cl)cn3)C2)cc1. The third-order valence-corrected chi connectivity index (χ3v) is 4.43. The summed E-state index contributed by atoms with van der Waals surface area (Å²) in [6, 6.07) is 12.2. The number of hydrogen-bond donors (Lipinski definition) is 2. The first kappa shape index (κ1) is 18.7. The molecule has 3 rings (SSSR count). The molecule has 1 aliphatic rings. The summed E-state index contributed by atoms with van der Waals surface area (Å²) < 4.78 is 0. The van der Waals surface area contributed by atoms with Gasteiger partial charge in [-0.25, -0.2) is 4.98 Å². The summed E-state index contributed by atoms with van der Waals surface area (Å²) in [7, 11) is 0. The summed E-state index contributed by atoms with van der Waals surface area (Å²) in [4.78, 5) is 30.1. The number of pyridine rings is 1. The summed E-state index contributed by atoms with van der Waals surface area (Å²) in [5.41, 5.74) is 1.11. The highest BCUT2D eigenvalue weighted by atomic mass is 35.5. The van der Waals surface area contributed by atoms with Gasteiger partial charge < -0.3 is 15.5 Å². The predicted molar refractivity (Wildman–Crippen MR) is 102 cm³/mol. The number of halogens is 1. The molecule has 2 aromatic rings. The summed E-state index contributed by atoms with van der Waals surface area (Å²) in [6.07, 6.45) is 2.21. The molecule has 1 atom stereocenters. The van der Waals surface area contributed by atoms with Crippen LogP contribution in [0.15, 0.2) is 42.6 Å². The largest absolute Gasteiger partial charge is 0.365 e. The Hall–Kier alpha value is -3.11. The van der Waals surface area contributed by atoms with Crippen LogP contribution in [0.2, 0.25) is 5.02 Å². The number of nitrogens with zero attached hydrogens (tertiary/aromatic N) is 3. The van der Waals surface area contributed by atoms with Gasteiger partial charge in [-0.05, 0) is 42.8 Å². The number of nitrogens with one attached hydrogen (secondary N) is 2. The molecule has 1 fully saturated rings. The Morgan fingerprint density at radius 3 is 2.70 bits per heavy atom. The number of aromatic nitrogens is 1. The Balaban J connectivity index is 1.56. The van der Waals surface area contributed by atoms with Crippen LogP contribution in [-0.2, 0) is 4.79 Å². The van der Waals surface area contributed by atoms with Gasteiger partial charge in [-0.3, -0.25) is 9.59 Å². The Labute approximate surface area is 162 Å². The second-order valence-corrected chi connectivity index (χ2v) is 6.64. The molecule has 8 heteroatoms. The van der Waals surface area contributed by atoms with E-state index in [9.17, 15) is 9.59 Å². The Bertz CT molecular complexity index is 861. The van der Waals surface area contributed by atoms with Gasteiger partial charge in [0, 0.05) is 36.6 Å². The van der Waals surface area contributed by atoms with Crippen molar-refractivity contribution in [2.75, 3.05) is 23.7 Å². The molecule has 0 bridgehead atoms. The first-order chi connectivity index (χ1) is 13.0. The van der Waals surface area contributed by atoms with Crippen molar-refractivity contribution < 1.29 is 9.59 Å². The standard InChI is InChI=1S/C19H18ClN5O2/c20-14-3-6-17(22-11-14)23-16-8-10-25(12-16)19(27)13-1-4-15(5-2-13)24-18(26)7-9-21/h1-6,11,16H,7-8,10,12H2,(H,22,23)(H,24,26)/t16-/m1/s1. The predicted octanol–water partition coefficient (Wildman–Crippen LogP) is 2.91. The maximum atomic E-state index is 12.7. The minimum absolute atomic E-state index is 0.0572. The van der Waals surface area contributed by atoms with E-state index in [1.54, 1.807) is 47.5 Å². The zero-order chi connectivity index (χ0) is 19.2. The first-order valence-electron chi connectivity index (χ1n) is 8.49. The van der Waals surface area contributed by atoms with E-state index >= 15 is 0 Å². The lowest BCUT2D eigenvalue weighted by molar-refractivity contribution is -0.115. The van der Waals surface area contributed by atoms with Gasteiger partial charge in [0.2, 0.25) is 5.91 Å². The molecule has 2 N–H and O–H groups in total. The summed E-state index contributed by atoms with van der Waals surface area (Å²) >= 11 is 5.83. The molecule has 0 aliphatic carbocycles. The van der Waals surface area contributed by atoms with Crippen LogP contribution in [-0.4, -0.2) is 40.8 Å². The number of anilines is 2. The van der Waals surface area contributed by atoms with Crippen LogP contribution in [0.5, 0.6) is 0 Å². The molecular formula is C19H18ClN5O2. The van der Waals surface area contributed by atoms with Crippen LogP contribution in [0.4, 0.5) is 11.5 Å². The number of amides is 2. The van der Waals surface area contributed by atoms with Crippen LogP contribution in [0.3, 0.4) is 0 Å². The molecule has 2 heterocycles. The fourth-order valence-electron chi connectivity index (χ4n) is 2.89. The van der Waals surface area contributed by atoms with Crippen molar-refractivity contribution in [3.8, 4) is 6.07 Å². The molecule has 1 aliphatic heterocycles. The van der Waals surface area contributed by atoms with E-state index < -0.39 is 0 Å². The third kappa shape index (κ3) is 4.96. The van der Waals surface area contributed by atoms with Gasteiger partial charge in [0.05, 0.1) is 11.1 Å². The number of nitriles is 1. The monoisotopic (exact) mass is 383 g/mol. The number of benzene rings is 1. The Morgan fingerprint density at radius 2 is 2.04 bits per heavy atom. The molecule has 1 aromatic heterocycles. The van der Waals surface area contributed by atoms with E-state index in [1.165, 1.54) is 0 Å². The van der Waals surface area contributed by atoms with Crippen molar-refractivity contribution in [2.24, 2.45) is 0 Å². The summed E-state index contributed by atoms with van der Waals surface area (Å²) in [5.74, 6) is 0.301. The number of carbonyl (C=O) groups is 2. The van der Waals surface area contributed by atoms with E-state index in [-0.39, 0.29) is 24.3 Å². The van der Waals surface area contributed by atoms with Crippen LogP contribution >= 0.6 is 11.6 Å². The molecule has 1 aromatic carbocycles. The minimum atomic E-state index is -0.374. The molecule has 0 saturated carbocycles. The van der Waals surface area contributed by atoms with Crippen LogP contribution in [0, 0.1) is 11.3 Å². The van der Waals surface area contributed by atoms with Gasteiger partial charge in [-0.15, -0.1) is 0 Å². The van der Waals surface area contributed by atoms with Crippen LogP contribution in [0.25, 0.3) is 0 Å². The van der Waals surface area contributed by atoms with Gasteiger partial charge in [0.1, 0.15) is 12.2 Å². The second-order valence-electron chi connectivity index (χ2n) is 6.20. The van der Waals surface area contributed by atoms with E-state index in [2.05, 4.69) is 15.6 Å². The molecule has 0 unspecified atom stereocenters. The van der Waals surface area contributed by atoms with Crippen molar-refractivity contribution in [1.29, 1.82) is 5.26 Å². The van der Waals surface area contributed by atoms with E-state index in [1.807, 2.05) is 6.07 Å². The van der Waals surface area contributed by atoms with Gasteiger partial charge in [-0.2, -0.15) is 5.26 Å². The quantitative estimate of drug-likeness (QED) is 0.827. The second kappa shape index (κ2) is 8.52. The third-order valence-electron chi connectivity index (χ3n) is 4.21. The molecule has 2 amide bonds. The van der Waals surface area contributed by atoms with Gasteiger partial charge >= 0.3 is 0 Å². The maximum absolute atomic E-state index is 12.7. The van der Waals surface area contributed by atoms with Crippen molar-refractivity contribution in [2.45, 2.75) is 18.9 Å². The average molecular weight is 384 g/mol. The lowest BCUT2D eigenvalue weighted by atomic mass is 10.2. The highest BCUT2D eigenvalue weighted by Crippen LogP contribution is 2.19. The highest BCUT2D eigenvalue weighted by Gasteiger charge is 2.27. The fourth-order valence-corrected chi connectivity index (χ4v) is 3.00. The van der Waals surface area contributed by atoms with E-state index in [0.717, 1.165) is 12.2 Å². The van der Waals surface area contributed by atoms with Crippen molar-refractivity contribution in [1.82, 2.24) is 9.88 Å². The smallest absolute Gasteiger partial charge is 0.253 e. The number of carbonyl (C=O) groups excluding carboxylic acids is 2. The van der Waals surface area contributed by atoms with Gasteiger partial charge in [-0.1, -0.05) is 11.6 Å². The lowest BCUT2D eigenvalue weighted by Gasteiger charge is -2.17. The lowest BCUT2D eigenvalue weighted by Crippen LogP contribution is -2.31. The van der Waals surface area contributed by atoms with E-state index in [4.69, 9.17) is 16.9 Å². The normalized spacial score (nSPS) is 15.9. The number of rotatable bonds is 5. The molecular weight excluding hydrogens is 366 g/mol. The summed E-state index contributed by atoms with van der Waals surface area (Å²) in [5, 5.41) is 15.0. The van der Waals surface area contributed by atoms with Crippen LogP contribution < -0.4 is 10.6 Å². The van der Waals surface area contributed by atoms with Crippen molar-refractivity contribution in [3.63, 3.8) is 0 Å².